The van der Waals surface area contributed by atoms with E-state index in [0.717, 1.165) is 11.3 Å². The van der Waals surface area contributed by atoms with Gasteiger partial charge in [0.05, 0.1) is 39.8 Å². The number of ether oxygens (including phenoxy) is 4. The first kappa shape index (κ1) is 21.0. The smallest absolute Gasteiger partial charge is 0.255 e. The second-order valence-corrected chi connectivity index (χ2v) is 6.37. The maximum atomic E-state index is 13.0. The average Bonchev–Trinajstić information content (AvgIpc) is 3.19. The molecule has 0 radical (unpaired) electrons. The van der Waals surface area contributed by atoms with Crippen LogP contribution in [0, 0.1) is 0 Å². The third-order valence-electron chi connectivity index (χ3n) is 4.74. The highest BCUT2D eigenvalue weighted by Crippen LogP contribution is 2.38. The van der Waals surface area contributed by atoms with Crippen molar-refractivity contribution in [2.75, 3.05) is 33.8 Å². The van der Waals surface area contributed by atoms with E-state index in [9.17, 15) is 4.79 Å². The number of hydrogen-bond donors (Lipinski definition) is 2. The van der Waals surface area contributed by atoms with Crippen LogP contribution in [-0.4, -0.2) is 44.5 Å². The third kappa shape index (κ3) is 4.03. The molecule has 2 aromatic carbocycles. The maximum absolute atomic E-state index is 13.0. The van der Waals surface area contributed by atoms with Gasteiger partial charge in [0, 0.05) is 17.2 Å². The van der Waals surface area contributed by atoms with Gasteiger partial charge < -0.3 is 24.3 Å². The van der Waals surface area contributed by atoms with Gasteiger partial charge in [-0.15, -0.1) is 0 Å². The van der Waals surface area contributed by atoms with Gasteiger partial charge in [0.1, 0.15) is 17.2 Å². The number of carbonyl (C=O) groups is 1. The molecule has 0 aliphatic carbocycles. The molecule has 1 heterocycles. The molecule has 30 heavy (non-hydrogen) atoms. The number of H-pyrrole nitrogens is 1. The van der Waals surface area contributed by atoms with Crippen LogP contribution in [0.15, 0.2) is 36.4 Å². The second kappa shape index (κ2) is 9.21. The Morgan fingerprint density at radius 1 is 0.933 bits per heavy atom. The number of nitrogens with one attached hydrogen (secondary N) is 2. The van der Waals surface area contributed by atoms with E-state index in [1.54, 1.807) is 45.6 Å². The Hall–Kier alpha value is -3.68. The quantitative estimate of drug-likeness (QED) is 0.583. The van der Waals surface area contributed by atoms with Crippen LogP contribution in [0.4, 0.5) is 5.69 Å². The molecule has 1 aromatic heterocycles. The van der Waals surface area contributed by atoms with Crippen molar-refractivity contribution in [2.24, 2.45) is 0 Å². The molecule has 3 aromatic rings. The molecule has 158 valence electrons. The van der Waals surface area contributed by atoms with Gasteiger partial charge >= 0.3 is 0 Å². The Kier molecular flexibility index (Phi) is 6.46. The highest BCUT2D eigenvalue weighted by atomic mass is 16.5. The minimum absolute atomic E-state index is 0.291. The van der Waals surface area contributed by atoms with Gasteiger partial charge in [0.15, 0.2) is 11.5 Å². The zero-order valence-corrected chi connectivity index (χ0v) is 17.7. The number of carbonyl (C=O) groups excluding carboxylic acids is 1. The van der Waals surface area contributed by atoms with E-state index in [-0.39, 0.29) is 5.91 Å². The summed E-state index contributed by atoms with van der Waals surface area (Å²) in [5.74, 6) is 1.99. The molecule has 0 spiro atoms. The third-order valence-corrected chi connectivity index (χ3v) is 4.74. The maximum Gasteiger partial charge on any atom is 0.255 e. The molecule has 0 aliphatic rings. The van der Waals surface area contributed by atoms with Gasteiger partial charge in [-0.2, -0.15) is 5.10 Å². The van der Waals surface area contributed by atoms with E-state index in [0.29, 0.717) is 46.4 Å². The van der Waals surface area contributed by atoms with Crippen LogP contribution in [0.25, 0.3) is 11.3 Å². The minimum Gasteiger partial charge on any atom is -0.497 e. The number of aromatic nitrogens is 2. The second-order valence-electron chi connectivity index (χ2n) is 6.37. The molecular weight excluding hydrogens is 386 g/mol. The fraction of sp³-hybridized carbons (Fsp3) is 0.273. The fourth-order valence-electron chi connectivity index (χ4n) is 3.12. The number of nitrogens with zero attached hydrogens (tertiary/aromatic N) is 1. The molecule has 0 bridgehead atoms. The monoisotopic (exact) mass is 411 g/mol. The summed E-state index contributed by atoms with van der Waals surface area (Å²) < 4.78 is 21.3. The van der Waals surface area contributed by atoms with E-state index in [4.69, 9.17) is 18.9 Å². The van der Waals surface area contributed by atoms with Gasteiger partial charge in [0.2, 0.25) is 0 Å². The van der Waals surface area contributed by atoms with Gasteiger partial charge in [-0.3, -0.25) is 9.89 Å². The van der Waals surface area contributed by atoms with Crippen molar-refractivity contribution < 1.29 is 23.7 Å². The summed E-state index contributed by atoms with van der Waals surface area (Å²) in [6.07, 6.45) is 0.660. The number of amides is 1. The van der Waals surface area contributed by atoms with Crippen molar-refractivity contribution >= 4 is 11.6 Å². The average molecular weight is 411 g/mol. The predicted molar refractivity (Wildman–Crippen MR) is 114 cm³/mol. The molecule has 0 unspecified atom stereocenters. The van der Waals surface area contributed by atoms with Crippen molar-refractivity contribution in [3.8, 4) is 34.3 Å². The lowest BCUT2D eigenvalue weighted by atomic mass is 10.1. The zero-order chi connectivity index (χ0) is 21.7. The first-order chi connectivity index (χ1) is 14.6. The molecule has 0 atom stereocenters. The van der Waals surface area contributed by atoms with Gasteiger partial charge in [0.25, 0.3) is 5.91 Å². The summed E-state index contributed by atoms with van der Waals surface area (Å²) in [7, 11) is 6.24. The largest absolute Gasteiger partial charge is 0.497 e. The Morgan fingerprint density at radius 3 is 2.30 bits per heavy atom. The molecule has 0 fully saturated rings. The van der Waals surface area contributed by atoms with Crippen LogP contribution in [-0.2, 0) is 6.42 Å². The summed E-state index contributed by atoms with van der Waals surface area (Å²) in [6.45, 7) is 1.98. The van der Waals surface area contributed by atoms with Crippen LogP contribution < -0.4 is 24.3 Å². The summed E-state index contributed by atoms with van der Waals surface area (Å²) >= 11 is 0. The number of hydrogen-bond acceptors (Lipinski definition) is 6. The van der Waals surface area contributed by atoms with E-state index in [1.807, 2.05) is 19.1 Å². The zero-order valence-electron chi connectivity index (χ0n) is 17.7. The predicted octanol–water partition coefficient (Wildman–Crippen LogP) is 3.93. The van der Waals surface area contributed by atoms with E-state index in [2.05, 4.69) is 15.5 Å². The summed E-state index contributed by atoms with van der Waals surface area (Å²) in [5, 5.41) is 10.4. The van der Waals surface area contributed by atoms with Crippen LogP contribution in [0.3, 0.4) is 0 Å². The van der Waals surface area contributed by atoms with Crippen molar-refractivity contribution in [1.29, 1.82) is 0 Å². The molecule has 3 rings (SSSR count). The molecular formula is C22H25N3O5. The van der Waals surface area contributed by atoms with Crippen LogP contribution in [0.2, 0.25) is 0 Å². The number of aromatic amines is 1. The minimum atomic E-state index is -0.291. The van der Waals surface area contributed by atoms with Crippen molar-refractivity contribution in [1.82, 2.24) is 10.2 Å². The molecule has 8 heteroatoms. The van der Waals surface area contributed by atoms with Crippen LogP contribution >= 0.6 is 0 Å². The standard InChI is InChI=1S/C22H25N3O5/c1-6-16-21(23-22(26)13-7-10-17(28-3)19(11-13)30-5)20(25-24-16)15-9-8-14(27-2)12-18(15)29-4/h7-12H,6H2,1-5H3,(H,23,26)(H,24,25). The lowest BCUT2D eigenvalue weighted by Gasteiger charge is -2.13. The van der Waals surface area contributed by atoms with E-state index < -0.39 is 0 Å². The number of methoxy groups -OCH3 is 4. The molecule has 8 nitrogen and oxygen atoms in total. The number of rotatable bonds is 8. The Labute approximate surface area is 175 Å². The van der Waals surface area contributed by atoms with Gasteiger partial charge in [-0.25, -0.2) is 0 Å². The molecule has 0 aliphatic heterocycles. The topological polar surface area (TPSA) is 94.7 Å². The molecule has 2 N–H and O–H groups in total. The summed E-state index contributed by atoms with van der Waals surface area (Å²) in [4.78, 5) is 13.0. The number of aryl methyl sites for hydroxylation is 1. The lowest BCUT2D eigenvalue weighted by Crippen LogP contribution is -2.13. The van der Waals surface area contributed by atoms with E-state index in [1.165, 1.54) is 7.11 Å². The molecule has 0 saturated carbocycles. The van der Waals surface area contributed by atoms with E-state index >= 15 is 0 Å². The van der Waals surface area contributed by atoms with Crippen molar-refractivity contribution in [2.45, 2.75) is 13.3 Å². The molecule has 0 saturated heterocycles. The SMILES string of the molecule is CCc1[nH]nc(-c2ccc(OC)cc2OC)c1NC(=O)c1ccc(OC)c(OC)c1. The fourth-order valence-corrected chi connectivity index (χ4v) is 3.12. The Bertz CT molecular complexity index is 1050. The molecule has 1 amide bonds. The number of anilines is 1. The Balaban J connectivity index is 2.00. The first-order valence-electron chi connectivity index (χ1n) is 9.39. The van der Waals surface area contributed by atoms with Crippen molar-refractivity contribution in [3.63, 3.8) is 0 Å². The highest BCUT2D eigenvalue weighted by Gasteiger charge is 2.21. The van der Waals surface area contributed by atoms with Crippen LogP contribution in [0.5, 0.6) is 23.0 Å². The Morgan fingerprint density at radius 2 is 1.67 bits per heavy atom. The summed E-state index contributed by atoms with van der Waals surface area (Å²) in [6, 6.07) is 10.4. The first-order valence-corrected chi connectivity index (χ1v) is 9.39. The van der Waals surface area contributed by atoms with Crippen molar-refractivity contribution in [3.05, 3.63) is 47.7 Å². The number of benzene rings is 2. The van der Waals surface area contributed by atoms with Gasteiger partial charge in [-0.1, -0.05) is 6.92 Å². The van der Waals surface area contributed by atoms with Crippen LogP contribution in [0.1, 0.15) is 23.0 Å². The lowest BCUT2D eigenvalue weighted by molar-refractivity contribution is 0.102. The highest BCUT2D eigenvalue weighted by molar-refractivity contribution is 6.07. The summed E-state index contributed by atoms with van der Waals surface area (Å²) in [5.41, 5.74) is 3.15. The van der Waals surface area contributed by atoms with Gasteiger partial charge in [-0.05, 0) is 36.8 Å². The normalized spacial score (nSPS) is 10.4.